The lowest BCUT2D eigenvalue weighted by molar-refractivity contribution is 0.472. The molecule has 0 radical (unpaired) electrons. The topological polar surface area (TPSA) is 25.2 Å². The van der Waals surface area contributed by atoms with Crippen molar-refractivity contribution in [3.63, 3.8) is 0 Å². The highest BCUT2D eigenvalue weighted by molar-refractivity contribution is 5.74. The van der Waals surface area contributed by atoms with Gasteiger partial charge >= 0.3 is 0 Å². The van der Waals surface area contributed by atoms with Crippen molar-refractivity contribution in [3.8, 4) is 34.0 Å². The van der Waals surface area contributed by atoms with Gasteiger partial charge in [-0.15, -0.1) is 0 Å². The summed E-state index contributed by atoms with van der Waals surface area (Å²) < 4.78 is 2.11. The van der Waals surface area contributed by atoms with Gasteiger partial charge < -0.3 is 9.67 Å². The van der Waals surface area contributed by atoms with E-state index in [0.717, 1.165) is 28.2 Å². The lowest BCUT2D eigenvalue weighted by Gasteiger charge is -2.15. The maximum absolute atomic E-state index is 10.4. The van der Waals surface area contributed by atoms with Crippen molar-refractivity contribution < 1.29 is 5.11 Å². The van der Waals surface area contributed by atoms with Gasteiger partial charge in [-0.2, -0.15) is 0 Å². The molecule has 0 saturated carbocycles. The third-order valence-corrected chi connectivity index (χ3v) is 4.14. The molecule has 2 nitrogen and oxygen atoms in total. The van der Waals surface area contributed by atoms with Crippen molar-refractivity contribution in [2.24, 2.45) is 0 Å². The van der Waals surface area contributed by atoms with Gasteiger partial charge in [0.25, 0.3) is 0 Å². The Labute approximate surface area is 141 Å². The fourth-order valence-corrected chi connectivity index (χ4v) is 3.02. The zero-order valence-corrected chi connectivity index (χ0v) is 13.1. The van der Waals surface area contributed by atoms with E-state index in [4.69, 9.17) is 0 Å². The molecule has 3 aromatic carbocycles. The van der Waals surface area contributed by atoms with Gasteiger partial charge in [-0.05, 0) is 35.4 Å². The van der Waals surface area contributed by atoms with E-state index in [9.17, 15) is 5.11 Å². The molecule has 0 fully saturated rings. The Hall–Kier alpha value is -3.26. The maximum Gasteiger partial charge on any atom is 0.139 e. The highest BCUT2D eigenvalue weighted by Crippen LogP contribution is 2.35. The van der Waals surface area contributed by atoms with Crippen molar-refractivity contribution in [2.75, 3.05) is 0 Å². The second-order valence-corrected chi connectivity index (χ2v) is 5.66. The predicted octanol–water partition coefficient (Wildman–Crippen LogP) is 5.52. The van der Waals surface area contributed by atoms with Crippen molar-refractivity contribution in [1.29, 1.82) is 0 Å². The molecule has 1 N–H and O–H groups in total. The maximum atomic E-state index is 10.4. The van der Waals surface area contributed by atoms with E-state index in [2.05, 4.69) is 41.0 Å². The van der Waals surface area contributed by atoms with Crippen LogP contribution in [0.3, 0.4) is 0 Å². The largest absolute Gasteiger partial charge is 0.506 e. The molecule has 0 bridgehead atoms. The predicted molar refractivity (Wildman–Crippen MR) is 98.3 cm³/mol. The number of aromatic nitrogens is 1. The quantitative estimate of drug-likeness (QED) is 0.529. The molecule has 0 spiro atoms. The minimum Gasteiger partial charge on any atom is -0.506 e. The number of hydrogen-bond donors (Lipinski definition) is 1. The van der Waals surface area contributed by atoms with Crippen LogP contribution in [0.4, 0.5) is 0 Å². The van der Waals surface area contributed by atoms with Crippen LogP contribution >= 0.6 is 0 Å². The third kappa shape index (κ3) is 2.48. The molecule has 2 heteroatoms. The number of phenolic OH excluding ortho intramolecular Hbond substituents is 1. The van der Waals surface area contributed by atoms with Gasteiger partial charge in [-0.25, -0.2) is 0 Å². The Morgan fingerprint density at radius 3 is 1.46 bits per heavy atom. The zero-order chi connectivity index (χ0) is 16.4. The molecular formula is C22H17NO. The van der Waals surface area contributed by atoms with Gasteiger partial charge in [-0.1, -0.05) is 72.8 Å². The second-order valence-electron chi connectivity index (χ2n) is 5.66. The minimum atomic E-state index is 0.267. The van der Waals surface area contributed by atoms with E-state index < -0.39 is 0 Å². The van der Waals surface area contributed by atoms with Gasteiger partial charge in [0.1, 0.15) is 5.75 Å². The van der Waals surface area contributed by atoms with Crippen LogP contribution in [0.1, 0.15) is 0 Å². The summed E-state index contributed by atoms with van der Waals surface area (Å²) in [6.45, 7) is 0. The van der Waals surface area contributed by atoms with Gasteiger partial charge in [0.2, 0.25) is 0 Å². The summed E-state index contributed by atoms with van der Waals surface area (Å²) in [5.41, 5.74) is 5.11. The summed E-state index contributed by atoms with van der Waals surface area (Å²) in [7, 11) is 0. The first-order chi connectivity index (χ1) is 11.8. The summed E-state index contributed by atoms with van der Waals surface area (Å²) in [5.74, 6) is 0.267. The molecule has 0 aliphatic heterocycles. The standard InChI is InChI=1S/C22H17NO/c24-22-14-8-7-13-21(22)23-19(17-9-3-1-4-10-17)15-16-20(23)18-11-5-2-6-12-18/h1-16,24H. The number of rotatable bonds is 3. The van der Waals surface area contributed by atoms with E-state index in [1.54, 1.807) is 6.07 Å². The molecule has 0 saturated heterocycles. The van der Waals surface area contributed by atoms with E-state index in [1.165, 1.54) is 0 Å². The molecule has 116 valence electrons. The Kier molecular flexibility index (Phi) is 3.64. The first-order valence-corrected chi connectivity index (χ1v) is 7.95. The molecule has 0 unspecified atom stereocenters. The monoisotopic (exact) mass is 311 g/mol. The van der Waals surface area contributed by atoms with Crippen molar-refractivity contribution in [1.82, 2.24) is 4.57 Å². The smallest absolute Gasteiger partial charge is 0.139 e. The molecule has 1 heterocycles. The zero-order valence-electron chi connectivity index (χ0n) is 13.1. The SMILES string of the molecule is Oc1ccccc1-n1c(-c2ccccc2)ccc1-c1ccccc1. The fourth-order valence-electron chi connectivity index (χ4n) is 3.02. The highest BCUT2D eigenvalue weighted by Gasteiger charge is 2.15. The van der Waals surface area contributed by atoms with Crippen LogP contribution in [-0.2, 0) is 0 Å². The number of phenols is 1. The minimum absolute atomic E-state index is 0.267. The summed E-state index contributed by atoms with van der Waals surface area (Å²) in [6, 6.07) is 32.1. The van der Waals surface area contributed by atoms with E-state index in [0.29, 0.717) is 0 Å². The number of nitrogens with zero attached hydrogens (tertiary/aromatic N) is 1. The number of hydrogen-bond acceptors (Lipinski definition) is 1. The lowest BCUT2D eigenvalue weighted by Crippen LogP contribution is -1.99. The number of aromatic hydroxyl groups is 1. The van der Waals surface area contributed by atoms with E-state index in [1.807, 2.05) is 54.6 Å². The fraction of sp³-hybridized carbons (Fsp3) is 0. The van der Waals surface area contributed by atoms with Crippen LogP contribution in [0.25, 0.3) is 28.2 Å². The van der Waals surface area contributed by atoms with Gasteiger partial charge in [0.15, 0.2) is 0 Å². The Balaban J connectivity index is 2.00. The average molecular weight is 311 g/mol. The molecule has 0 amide bonds. The Morgan fingerprint density at radius 1 is 0.500 bits per heavy atom. The van der Waals surface area contributed by atoms with Crippen LogP contribution in [-0.4, -0.2) is 9.67 Å². The first kappa shape index (κ1) is 14.3. The first-order valence-electron chi connectivity index (χ1n) is 7.95. The van der Waals surface area contributed by atoms with E-state index >= 15 is 0 Å². The van der Waals surface area contributed by atoms with Crippen LogP contribution in [0.5, 0.6) is 5.75 Å². The van der Waals surface area contributed by atoms with E-state index in [-0.39, 0.29) is 5.75 Å². The van der Waals surface area contributed by atoms with Crippen molar-refractivity contribution >= 4 is 0 Å². The van der Waals surface area contributed by atoms with Gasteiger partial charge in [0.05, 0.1) is 17.1 Å². The van der Waals surface area contributed by atoms with Crippen LogP contribution in [0, 0.1) is 0 Å². The molecular weight excluding hydrogens is 294 g/mol. The molecule has 0 aliphatic rings. The van der Waals surface area contributed by atoms with Crippen LogP contribution in [0.2, 0.25) is 0 Å². The van der Waals surface area contributed by atoms with Gasteiger partial charge in [0, 0.05) is 0 Å². The van der Waals surface area contributed by atoms with Crippen molar-refractivity contribution in [3.05, 3.63) is 97.1 Å². The lowest BCUT2D eigenvalue weighted by atomic mass is 10.1. The molecule has 4 rings (SSSR count). The highest BCUT2D eigenvalue weighted by atomic mass is 16.3. The summed E-state index contributed by atoms with van der Waals surface area (Å²) >= 11 is 0. The molecule has 24 heavy (non-hydrogen) atoms. The van der Waals surface area contributed by atoms with Crippen LogP contribution < -0.4 is 0 Å². The normalized spacial score (nSPS) is 10.7. The van der Waals surface area contributed by atoms with Crippen LogP contribution in [0.15, 0.2) is 97.1 Å². The summed E-state index contributed by atoms with van der Waals surface area (Å²) in [5, 5.41) is 10.4. The number of benzene rings is 3. The second kappa shape index (κ2) is 6.09. The molecule has 0 atom stereocenters. The van der Waals surface area contributed by atoms with Gasteiger partial charge in [-0.3, -0.25) is 0 Å². The number of para-hydroxylation sites is 2. The Morgan fingerprint density at radius 2 is 0.958 bits per heavy atom. The van der Waals surface area contributed by atoms with Crippen molar-refractivity contribution in [2.45, 2.75) is 0 Å². The molecule has 1 aromatic heterocycles. The third-order valence-electron chi connectivity index (χ3n) is 4.14. The molecule has 4 aromatic rings. The summed E-state index contributed by atoms with van der Waals surface area (Å²) in [4.78, 5) is 0. The average Bonchev–Trinajstić information content (AvgIpc) is 3.08. The molecule has 0 aliphatic carbocycles. The summed E-state index contributed by atoms with van der Waals surface area (Å²) in [6.07, 6.45) is 0. The Bertz CT molecular complexity index is 899.